The second-order valence-corrected chi connectivity index (χ2v) is 6.65. The molecule has 4 rings (SSSR count). The maximum Gasteiger partial charge on any atom is 0.150 e. The first-order valence-corrected chi connectivity index (χ1v) is 9.27. The van der Waals surface area contributed by atoms with Crippen LogP contribution in [0.15, 0.2) is 48.8 Å². The summed E-state index contributed by atoms with van der Waals surface area (Å²) in [5.41, 5.74) is 3.46. The minimum Gasteiger partial charge on any atom is -0.492 e. The van der Waals surface area contributed by atoms with Crippen LogP contribution in [0.25, 0.3) is 16.7 Å². The molecule has 148 valence electrons. The molecule has 0 fully saturated rings. The largest absolute Gasteiger partial charge is 0.492 e. The molecule has 2 aromatic heterocycles. The van der Waals surface area contributed by atoms with Gasteiger partial charge in [-0.05, 0) is 50.6 Å². The Morgan fingerprint density at radius 3 is 2.48 bits per heavy atom. The molecule has 0 unspecified atom stereocenters. The van der Waals surface area contributed by atoms with Crippen molar-refractivity contribution in [3.63, 3.8) is 0 Å². The van der Waals surface area contributed by atoms with Crippen LogP contribution in [-0.2, 0) is 0 Å². The molecule has 0 aliphatic heterocycles. The second kappa shape index (κ2) is 7.50. The first-order chi connectivity index (χ1) is 14.0. The summed E-state index contributed by atoms with van der Waals surface area (Å²) in [6.45, 7) is 6.29. The van der Waals surface area contributed by atoms with Crippen LogP contribution >= 0.6 is 0 Å². The third kappa shape index (κ3) is 3.40. The molecule has 29 heavy (non-hydrogen) atoms. The summed E-state index contributed by atoms with van der Waals surface area (Å²) in [5, 5.41) is 4.10. The van der Waals surface area contributed by atoms with E-state index in [1.54, 1.807) is 4.57 Å². The molecule has 0 aliphatic carbocycles. The highest BCUT2D eigenvalue weighted by atomic mass is 19.1. The maximum atomic E-state index is 13.8. The van der Waals surface area contributed by atoms with E-state index in [-0.39, 0.29) is 0 Å². The lowest BCUT2D eigenvalue weighted by molar-refractivity contribution is 0.342. The molecule has 0 saturated carbocycles. The summed E-state index contributed by atoms with van der Waals surface area (Å²) in [6.07, 6.45) is 1.43. The number of rotatable bonds is 5. The normalized spacial score (nSPS) is 11.1. The molecule has 4 aromatic rings. The Labute approximate surface area is 167 Å². The van der Waals surface area contributed by atoms with Crippen LogP contribution in [0.3, 0.4) is 0 Å². The van der Waals surface area contributed by atoms with Gasteiger partial charge in [0.25, 0.3) is 0 Å². The molecule has 0 atom stereocenters. The third-order valence-electron chi connectivity index (χ3n) is 4.84. The summed E-state index contributed by atoms with van der Waals surface area (Å²) in [5.74, 6) is 0.0232. The minimum atomic E-state index is -0.642. The number of benzene rings is 2. The van der Waals surface area contributed by atoms with E-state index in [1.165, 1.54) is 18.5 Å². The maximum absolute atomic E-state index is 13.8. The Bertz CT molecular complexity index is 1180. The van der Waals surface area contributed by atoms with Crippen molar-refractivity contribution in [1.29, 1.82) is 0 Å². The third-order valence-corrected chi connectivity index (χ3v) is 4.84. The van der Waals surface area contributed by atoms with Crippen molar-refractivity contribution in [3.8, 4) is 11.4 Å². The van der Waals surface area contributed by atoms with E-state index in [0.717, 1.165) is 28.4 Å². The monoisotopic (exact) mass is 394 g/mol. The predicted molar refractivity (Wildman–Crippen MR) is 109 cm³/mol. The topological polar surface area (TPSA) is 52.0 Å². The molecule has 0 amide bonds. The number of para-hydroxylation sites is 2. The zero-order chi connectivity index (χ0) is 20.5. The lowest BCUT2D eigenvalue weighted by atomic mass is 10.2. The van der Waals surface area contributed by atoms with Gasteiger partial charge in [-0.1, -0.05) is 12.1 Å². The number of aryl methyl sites for hydroxylation is 1. The van der Waals surface area contributed by atoms with E-state index in [4.69, 9.17) is 4.74 Å². The van der Waals surface area contributed by atoms with Gasteiger partial charge in [-0.25, -0.2) is 18.7 Å². The van der Waals surface area contributed by atoms with Crippen LogP contribution in [0.1, 0.15) is 18.2 Å². The van der Waals surface area contributed by atoms with Gasteiger partial charge < -0.3 is 10.1 Å². The van der Waals surface area contributed by atoms with Crippen molar-refractivity contribution in [2.75, 3.05) is 11.9 Å². The summed E-state index contributed by atoms with van der Waals surface area (Å²) in [6, 6.07) is 11.0. The van der Waals surface area contributed by atoms with Crippen LogP contribution in [0.4, 0.5) is 20.3 Å². The Kier molecular flexibility index (Phi) is 4.88. The van der Waals surface area contributed by atoms with Gasteiger partial charge in [-0.15, -0.1) is 0 Å². The van der Waals surface area contributed by atoms with E-state index in [1.807, 2.05) is 45.0 Å². The fraction of sp³-hybridized carbons (Fsp3) is 0.182. The standard InChI is InChI=1S/C22H20F2N4O/c1-4-29-19-8-6-5-7-18(19)27-21-20-13(2)14(3)28(22(20)26-12-25-21)17-10-15(23)9-16(24)11-17/h5-12H,4H2,1-3H3,(H,25,26,27). The van der Waals surface area contributed by atoms with E-state index in [2.05, 4.69) is 15.3 Å². The molecule has 1 N–H and O–H groups in total. The smallest absolute Gasteiger partial charge is 0.150 e. The second-order valence-electron chi connectivity index (χ2n) is 6.65. The zero-order valence-electron chi connectivity index (χ0n) is 16.3. The van der Waals surface area contributed by atoms with Crippen LogP contribution < -0.4 is 10.1 Å². The van der Waals surface area contributed by atoms with Crippen molar-refractivity contribution in [2.45, 2.75) is 20.8 Å². The molecule has 7 heteroatoms. The fourth-order valence-electron chi connectivity index (χ4n) is 3.46. The Morgan fingerprint density at radius 1 is 1.03 bits per heavy atom. The minimum absolute atomic E-state index is 0.373. The molecule has 0 aliphatic rings. The molecule has 0 saturated heterocycles. The Balaban J connectivity index is 1.89. The number of hydrogen-bond acceptors (Lipinski definition) is 4. The number of fused-ring (bicyclic) bond motifs is 1. The van der Waals surface area contributed by atoms with Crippen LogP contribution in [0.2, 0.25) is 0 Å². The van der Waals surface area contributed by atoms with Gasteiger partial charge in [0.2, 0.25) is 0 Å². The molecule has 2 heterocycles. The van der Waals surface area contributed by atoms with E-state index in [9.17, 15) is 8.78 Å². The Morgan fingerprint density at radius 2 is 1.76 bits per heavy atom. The Hall–Kier alpha value is -3.48. The number of ether oxygens (including phenoxy) is 1. The van der Waals surface area contributed by atoms with Crippen molar-refractivity contribution in [2.24, 2.45) is 0 Å². The van der Waals surface area contributed by atoms with Crippen molar-refractivity contribution >= 4 is 22.5 Å². The molecule has 2 aromatic carbocycles. The van der Waals surface area contributed by atoms with Crippen LogP contribution in [-0.4, -0.2) is 21.1 Å². The highest BCUT2D eigenvalue weighted by Crippen LogP contribution is 2.34. The first-order valence-electron chi connectivity index (χ1n) is 9.27. The van der Waals surface area contributed by atoms with Gasteiger partial charge >= 0.3 is 0 Å². The summed E-state index contributed by atoms with van der Waals surface area (Å²) >= 11 is 0. The number of nitrogens with one attached hydrogen (secondary N) is 1. The van der Waals surface area contributed by atoms with Crippen LogP contribution in [0, 0.1) is 25.5 Å². The van der Waals surface area contributed by atoms with Crippen molar-refractivity contribution in [3.05, 3.63) is 71.7 Å². The number of aromatic nitrogens is 3. The average molecular weight is 394 g/mol. The van der Waals surface area contributed by atoms with E-state index < -0.39 is 11.6 Å². The zero-order valence-corrected chi connectivity index (χ0v) is 16.3. The summed E-state index contributed by atoms with van der Waals surface area (Å²) in [4.78, 5) is 8.80. The quantitative estimate of drug-likeness (QED) is 0.488. The average Bonchev–Trinajstić information content (AvgIpc) is 2.94. The molecular formula is C22H20F2N4O. The van der Waals surface area contributed by atoms with Crippen LogP contribution in [0.5, 0.6) is 5.75 Å². The van der Waals surface area contributed by atoms with Gasteiger partial charge in [0, 0.05) is 11.8 Å². The number of anilines is 2. The van der Waals surface area contributed by atoms with E-state index in [0.29, 0.717) is 29.5 Å². The first kappa shape index (κ1) is 18.9. The highest BCUT2D eigenvalue weighted by molar-refractivity contribution is 5.94. The van der Waals surface area contributed by atoms with Gasteiger partial charge in [0.05, 0.1) is 23.4 Å². The molecule has 0 bridgehead atoms. The van der Waals surface area contributed by atoms with Gasteiger partial charge in [-0.2, -0.15) is 0 Å². The number of halogens is 2. The molecule has 0 radical (unpaired) electrons. The van der Waals surface area contributed by atoms with Crippen molar-refractivity contribution < 1.29 is 13.5 Å². The summed E-state index contributed by atoms with van der Waals surface area (Å²) < 4.78 is 35.1. The van der Waals surface area contributed by atoms with Crippen molar-refractivity contribution in [1.82, 2.24) is 14.5 Å². The van der Waals surface area contributed by atoms with Gasteiger partial charge in [0.15, 0.2) is 5.65 Å². The number of hydrogen-bond donors (Lipinski definition) is 1. The predicted octanol–water partition coefficient (Wildman–Crippen LogP) is 5.46. The van der Waals surface area contributed by atoms with Gasteiger partial charge in [0.1, 0.15) is 29.5 Å². The lowest BCUT2D eigenvalue weighted by Gasteiger charge is -2.12. The fourth-order valence-corrected chi connectivity index (χ4v) is 3.46. The SMILES string of the molecule is CCOc1ccccc1Nc1ncnc2c1c(C)c(C)n2-c1cc(F)cc(F)c1. The lowest BCUT2D eigenvalue weighted by Crippen LogP contribution is -2.02. The highest BCUT2D eigenvalue weighted by Gasteiger charge is 2.19. The summed E-state index contributed by atoms with van der Waals surface area (Å²) in [7, 11) is 0. The van der Waals surface area contributed by atoms with E-state index >= 15 is 0 Å². The molecule has 5 nitrogen and oxygen atoms in total. The molecular weight excluding hydrogens is 374 g/mol. The number of nitrogens with zero attached hydrogens (tertiary/aromatic N) is 3. The van der Waals surface area contributed by atoms with Gasteiger partial charge in [-0.3, -0.25) is 4.57 Å². The molecule has 0 spiro atoms.